The third kappa shape index (κ3) is 5.19. The summed E-state index contributed by atoms with van der Waals surface area (Å²) in [6.45, 7) is 2.18. The molecule has 1 amide bonds. The highest BCUT2D eigenvalue weighted by Crippen LogP contribution is 2.35. The standard InChI is InChI=1S/C14H26N2O3/c1-11(15)6-5-7-12(17)16-10-14(13(18)19)8-3-2-4-9-14/h11H,2-10,15H2,1H3,(H,16,17)(H,18,19). The molecule has 0 spiro atoms. The van der Waals surface area contributed by atoms with Crippen LogP contribution >= 0.6 is 0 Å². The van der Waals surface area contributed by atoms with Crippen LogP contribution < -0.4 is 11.1 Å². The minimum Gasteiger partial charge on any atom is -0.481 e. The van der Waals surface area contributed by atoms with Crippen molar-refractivity contribution in [2.45, 2.75) is 64.3 Å². The van der Waals surface area contributed by atoms with Gasteiger partial charge in [0.05, 0.1) is 5.41 Å². The number of carbonyl (C=O) groups is 2. The van der Waals surface area contributed by atoms with Gasteiger partial charge >= 0.3 is 5.97 Å². The maximum Gasteiger partial charge on any atom is 0.311 e. The first-order valence-corrected chi connectivity index (χ1v) is 7.22. The van der Waals surface area contributed by atoms with Crippen LogP contribution in [-0.4, -0.2) is 29.6 Å². The third-order valence-electron chi connectivity index (χ3n) is 3.95. The highest BCUT2D eigenvalue weighted by atomic mass is 16.4. The fourth-order valence-electron chi connectivity index (χ4n) is 2.64. The number of nitrogens with two attached hydrogens (primary N) is 1. The van der Waals surface area contributed by atoms with Gasteiger partial charge in [0, 0.05) is 19.0 Å². The van der Waals surface area contributed by atoms with Crippen LogP contribution in [0.3, 0.4) is 0 Å². The fourth-order valence-corrected chi connectivity index (χ4v) is 2.64. The summed E-state index contributed by atoms with van der Waals surface area (Å²) >= 11 is 0. The Labute approximate surface area is 114 Å². The Balaban J connectivity index is 2.35. The predicted octanol–water partition coefficient (Wildman–Crippen LogP) is 1.66. The zero-order valence-corrected chi connectivity index (χ0v) is 11.8. The molecule has 0 aromatic heterocycles. The molecule has 0 radical (unpaired) electrons. The zero-order chi connectivity index (χ0) is 14.3. The molecular weight excluding hydrogens is 244 g/mol. The van der Waals surface area contributed by atoms with Crippen LogP contribution in [0, 0.1) is 5.41 Å². The first kappa shape index (κ1) is 16.0. The van der Waals surface area contributed by atoms with E-state index in [1.54, 1.807) is 0 Å². The van der Waals surface area contributed by atoms with Crippen LogP contribution in [0.25, 0.3) is 0 Å². The van der Waals surface area contributed by atoms with Gasteiger partial charge in [-0.1, -0.05) is 19.3 Å². The van der Waals surface area contributed by atoms with Crippen LogP contribution in [0.2, 0.25) is 0 Å². The van der Waals surface area contributed by atoms with Crippen molar-refractivity contribution in [2.75, 3.05) is 6.54 Å². The van der Waals surface area contributed by atoms with Crippen LogP contribution in [0.5, 0.6) is 0 Å². The van der Waals surface area contributed by atoms with E-state index in [1.807, 2.05) is 6.92 Å². The number of aliphatic carboxylic acids is 1. The lowest BCUT2D eigenvalue weighted by atomic mass is 9.74. The molecule has 1 saturated carbocycles. The minimum atomic E-state index is -0.775. The summed E-state index contributed by atoms with van der Waals surface area (Å²) in [5.41, 5.74) is 4.88. The van der Waals surface area contributed by atoms with Gasteiger partial charge in [-0.15, -0.1) is 0 Å². The lowest BCUT2D eigenvalue weighted by molar-refractivity contribution is -0.151. The van der Waals surface area contributed by atoms with E-state index in [1.165, 1.54) is 0 Å². The topological polar surface area (TPSA) is 92.4 Å². The number of carboxylic acids is 1. The van der Waals surface area contributed by atoms with E-state index in [0.29, 0.717) is 19.3 Å². The van der Waals surface area contributed by atoms with Crippen LogP contribution in [0.4, 0.5) is 0 Å². The largest absolute Gasteiger partial charge is 0.481 e. The van der Waals surface area contributed by atoms with Gasteiger partial charge in [0.2, 0.25) is 5.91 Å². The van der Waals surface area contributed by atoms with Crippen molar-refractivity contribution in [1.82, 2.24) is 5.32 Å². The summed E-state index contributed by atoms with van der Waals surface area (Å²) in [7, 11) is 0. The number of rotatable bonds is 7. The second-order valence-electron chi connectivity index (χ2n) is 5.79. The van der Waals surface area contributed by atoms with Gasteiger partial charge in [-0.3, -0.25) is 9.59 Å². The average molecular weight is 270 g/mol. The molecule has 19 heavy (non-hydrogen) atoms. The summed E-state index contributed by atoms with van der Waals surface area (Å²) in [5.74, 6) is -0.838. The van der Waals surface area contributed by atoms with Crippen molar-refractivity contribution in [3.8, 4) is 0 Å². The summed E-state index contributed by atoms with van der Waals surface area (Å²) < 4.78 is 0. The SMILES string of the molecule is CC(N)CCCC(=O)NCC1(C(=O)O)CCCCC1. The van der Waals surface area contributed by atoms with Crippen LogP contribution in [0.15, 0.2) is 0 Å². The summed E-state index contributed by atoms with van der Waals surface area (Å²) in [6.07, 6.45) is 6.31. The minimum absolute atomic E-state index is 0.0631. The Morgan fingerprint density at radius 3 is 2.47 bits per heavy atom. The molecule has 0 aromatic carbocycles. The van der Waals surface area contributed by atoms with E-state index in [4.69, 9.17) is 5.73 Å². The Bertz CT molecular complexity index is 310. The zero-order valence-electron chi connectivity index (χ0n) is 11.8. The summed E-state index contributed by atoms with van der Waals surface area (Å²) in [6, 6.07) is 0.108. The monoisotopic (exact) mass is 270 g/mol. The smallest absolute Gasteiger partial charge is 0.311 e. The number of nitrogens with one attached hydrogen (secondary N) is 1. The van der Waals surface area contributed by atoms with Crippen molar-refractivity contribution in [3.05, 3.63) is 0 Å². The fraction of sp³-hybridized carbons (Fsp3) is 0.857. The van der Waals surface area contributed by atoms with Crippen molar-refractivity contribution >= 4 is 11.9 Å². The molecule has 0 aliphatic heterocycles. The maximum atomic E-state index is 11.7. The molecule has 110 valence electrons. The third-order valence-corrected chi connectivity index (χ3v) is 3.95. The highest BCUT2D eigenvalue weighted by molar-refractivity contribution is 5.79. The molecule has 1 aliphatic rings. The number of carboxylic acid groups (broad SMARTS) is 1. The average Bonchev–Trinajstić information content (AvgIpc) is 2.37. The van der Waals surface area contributed by atoms with Gasteiger partial charge < -0.3 is 16.2 Å². The van der Waals surface area contributed by atoms with Gasteiger partial charge in [-0.2, -0.15) is 0 Å². The molecule has 1 atom stereocenters. The second kappa shape index (κ2) is 7.48. The van der Waals surface area contributed by atoms with Crippen molar-refractivity contribution in [2.24, 2.45) is 11.1 Å². The highest BCUT2D eigenvalue weighted by Gasteiger charge is 2.39. The van der Waals surface area contributed by atoms with E-state index in [9.17, 15) is 14.7 Å². The molecule has 4 N–H and O–H groups in total. The van der Waals surface area contributed by atoms with Gasteiger partial charge in [0.1, 0.15) is 0 Å². The van der Waals surface area contributed by atoms with E-state index in [-0.39, 0.29) is 18.5 Å². The molecule has 0 bridgehead atoms. The first-order chi connectivity index (χ1) is 8.96. The second-order valence-corrected chi connectivity index (χ2v) is 5.79. The van der Waals surface area contributed by atoms with Gasteiger partial charge in [-0.05, 0) is 32.6 Å². The predicted molar refractivity (Wildman–Crippen MR) is 73.7 cm³/mol. The van der Waals surface area contributed by atoms with Crippen molar-refractivity contribution < 1.29 is 14.7 Å². The maximum absolute atomic E-state index is 11.7. The lowest BCUT2D eigenvalue weighted by Gasteiger charge is -2.33. The normalized spacial score (nSPS) is 19.7. The lowest BCUT2D eigenvalue weighted by Crippen LogP contribution is -2.44. The Kier molecular flexibility index (Phi) is 6.28. The van der Waals surface area contributed by atoms with Gasteiger partial charge in [-0.25, -0.2) is 0 Å². The molecule has 1 unspecified atom stereocenters. The van der Waals surface area contributed by atoms with Crippen molar-refractivity contribution in [3.63, 3.8) is 0 Å². The molecule has 0 saturated heterocycles. The number of hydrogen-bond donors (Lipinski definition) is 3. The number of amides is 1. The molecule has 1 fully saturated rings. The molecule has 5 heteroatoms. The van der Waals surface area contributed by atoms with E-state index >= 15 is 0 Å². The van der Waals surface area contributed by atoms with E-state index in [2.05, 4.69) is 5.32 Å². The molecule has 1 rings (SSSR count). The molecule has 5 nitrogen and oxygen atoms in total. The Morgan fingerprint density at radius 2 is 1.95 bits per heavy atom. The van der Waals surface area contributed by atoms with E-state index in [0.717, 1.165) is 32.1 Å². The summed E-state index contributed by atoms with van der Waals surface area (Å²) in [5, 5.41) is 12.2. The van der Waals surface area contributed by atoms with Gasteiger partial charge in [0.25, 0.3) is 0 Å². The first-order valence-electron chi connectivity index (χ1n) is 7.22. The Morgan fingerprint density at radius 1 is 1.32 bits per heavy atom. The molecule has 0 heterocycles. The van der Waals surface area contributed by atoms with Crippen molar-refractivity contribution in [1.29, 1.82) is 0 Å². The molecular formula is C14H26N2O3. The van der Waals surface area contributed by atoms with Crippen LogP contribution in [0.1, 0.15) is 58.3 Å². The summed E-state index contributed by atoms with van der Waals surface area (Å²) in [4.78, 5) is 23.1. The van der Waals surface area contributed by atoms with Crippen LogP contribution in [-0.2, 0) is 9.59 Å². The number of carbonyl (C=O) groups excluding carboxylic acids is 1. The molecule has 0 aromatic rings. The van der Waals surface area contributed by atoms with E-state index < -0.39 is 11.4 Å². The Hall–Kier alpha value is -1.10. The van der Waals surface area contributed by atoms with Gasteiger partial charge in [0.15, 0.2) is 0 Å². The molecule has 1 aliphatic carbocycles. The quantitative estimate of drug-likeness (QED) is 0.656. The number of hydrogen-bond acceptors (Lipinski definition) is 3.